The average Bonchev–Trinajstić information content (AvgIpc) is 2.32. The fraction of sp³-hybridized carbons (Fsp3) is 0.0769. The zero-order chi connectivity index (χ0) is 12.4. The molecular formula is C13H9Cl2FO. The van der Waals surface area contributed by atoms with E-state index in [-0.39, 0.29) is 5.02 Å². The Morgan fingerprint density at radius 3 is 2.47 bits per heavy atom. The first kappa shape index (κ1) is 12.4. The number of hydrogen-bond acceptors (Lipinski definition) is 1. The molecule has 0 aliphatic carbocycles. The minimum Gasteiger partial charge on any atom is -0.384 e. The summed E-state index contributed by atoms with van der Waals surface area (Å²) in [6.45, 7) is 0. The van der Waals surface area contributed by atoms with Crippen LogP contribution < -0.4 is 0 Å². The summed E-state index contributed by atoms with van der Waals surface area (Å²) in [7, 11) is 0. The van der Waals surface area contributed by atoms with Crippen LogP contribution in [0.2, 0.25) is 10.0 Å². The van der Waals surface area contributed by atoms with E-state index in [2.05, 4.69) is 0 Å². The van der Waals surface area contributed by atoms with Crippen molar-refractivity contribution in [1.29, 1.82) is 0 Å². The Kier molecular flexibility index (Phi) is 3.67. The molecular weight excluding hydrogens is 262 g/mol. The summed E-state index contributed by atoms with van der Waals surface area (Å²) in [5.41, 5.74) is 0.902. The SMILES string of the molecule is OC(c1cccc(Cl)c1)c1cccc(F)c1Cl. The van der Waals surface area contributed by atoms with Gasteiger partial charge in [-0.05, 0) is 23.8 Å². The molecule has 2 aromatic carbocycles. The first-order chi connectivity index (χ1) is 8.09. The Morgan fingerprint density at radius 1 is 1.06 bits per heavy atom. The van der Waals surface area contributed by atoms with Crippen LogP contribution in [0.1, 0.15) is 17.2 Å². The molecule has 2 rings (SSSR count). The Balaban J connectivity index is 2.44. The molecule has 0 saturated heterocycles. The van der Waals surface area contributed by atoms with Crippen molar-refractivity contribution in [2.45, 2.75) is 6.10 Å². The number of halogens is 3. The second kappa shape index (κ2) is 5.05. The van der Waals surface area contributed by atoms with Gasteiger partial charge < -0.3 is 5.11 Å². The van der Waals surface area contributed by atoms with Crippen LogP contribution in [-0.4, -0.2) is 5.11 Å². The highest BCUT2D eigenvalue weighted by Gasteiger charge is 2.16. The van der Waals surface area contributed by atoms with Gasteiger partial charge in [-0.25, -0.2) is 4.39 Å². The van der Waals surface area contributed by atoms with Crippen molar-refractivity contribution >= 4 is 23.2 Å². The highest BCUT2D eigenvalue weighted by molar-refractivity contribution is 6.31. The molecule has 0 aliphatic rings. The van der Waals surface area contributed by atoms with Crippen molar-refractivity contribution in [3.05, 3.63) is 69.5 Å². The first-order valence-electron chi connectivity index (χ1n) is 4.97. The zero-order valence-electron chi connectivity index (χ0n) is 8.70. The molecule has 0 saturated carbocycles. The van der Waals surface area contributed by atoms with Gasteiger partial charge in [0.25, 0.3) is 0 Å². The number of aliphatic hydroxyl groups is 1. The van der Waals surface area contributed by atoms with Gasteiger partial charge in [0.05, 0.1) is 5.02 Å². The maximum absolute atomic E-state index is 13.3. The van der Waals surface area contributed by atoms with Gasteiger partial charge in [0.15, 0.2) is 0 Å². The molecule has 17 heavy (non-hydrogen) atoms. The lowest BCUT2D eigenvalue weighted by atomic mass is 10.0. The largest absolute Gasteiger partial charge is 0.384 e. The Hall–Kier alpha value is -1.09. The third-order valence-electron chi connectivity index (χ3n) is 2.44. The highest BCUT2D eigenvalue weighted by Crippen LogP contribution is 2.30. The minimum atomic E-state index is -0.989. The maximum atomic E-state index is 13.3. The molecule has 0 bridgehead atoms. The van der Waals surface area contributed by atoms with Gasteiger partial charge >= 0.3 is 0 Å². The molecule has 2 aromatic rings. The third kappa shape index (κ3) is 2.60. The van der Waals surface area contributed by atoms with Gasteiger partial charge in [-0.3, -0.25) is 0 Å². The lowest BCUT2D eigenvalue weighted by molar-refractivity contribution is 0.220. The lowest BCUT2D eigenvalue weighted by Crippen LogP contribution is -2.01. The van der Waals surface area contributed by atoms with Crippen molar-refractivity contribution in [3.63, 3.8) is 0 Å². The van der Waals surface area contributed by atoms with Crippen LogP contribution >= 0.6 is 23.2 Å². The van der Waals surface area contributed by atoms with Crippen LogP contribution in [0.4, 0.5) is 4.39 Å². The molecule has 0 radical (unpaired) electrons. The molecule has 0 amide bonds. The predicted octanol–water partition coefficient (Wildman–Crippen LogP) is 4.21. The maximum Gasteiger partial charge on any atom is 0.142 e. The Labute approximate surface area is 108 Å². The van der Waals surface area contributed by atoms with E-state index in [1.54, 1.807) is 30.3 Å². The molecule has 0 fully saturated rings. The van der Waals surface area contributed by atoms with Crippen molar-refractivity contribution in [2.24, 2.45) is 0 Å². The van der Waals surface area contributed by atoms with E-state index in [0.717, 1.165) is 0 Å². The number of aliphatic hydroxyl groups excluding tert-OH is 1. The van der Waals surface area contributed by atoms with Crippen molar-refractivity contribution in [3.8, 4) is 0 Å². The van der Waals surface area contributed by atoms with Crippen LogP contribution in [-0.2, 0) is 0 Å². The number of benzene rings is 2. The first-order valence-corrected chi connectivity index (χ1v) is 5.72. The van der Waals surface area contributed by atoms with Crippen LogP contribution in [0.3, 0.4) is 0 Å². The van der Waals surface area contributed by atoms with Crippen LogP contribution in [0.25, 0.3) is 0 Å². The van der Waals surface area contributed by atoms with E-state index < -0.39 is 11.9 Å². The molecule has 1 nitrogen and oxygen atoms in total. The second-order valence-electron chi connectivity index (χ2n) is 3.60. The molecule has 1 N–H and O–H groups in total. The van der Waals surface area contributed by atoms with Gasteiger partial charge in [-0.2, -0.15) is 0 Å². The Morgan fingerprint density at radius 2 is 1.76 bits per heavy atom. The molecule has 0 aromatic heterocycles. The summed E-state index contributed by atoms with van der Waals surface area (Å²) in [6.07, 6.45) is -0.989. The van der Waals surface area contributed by atoms with E-state index in [9.17, 15) is 9.50 Å². The van der Waals surface area contributed by atoms with E-state index in [1.165, 1.54) is 12.1 Å². The second-order valence-corrected chi connectivity index (χ2v) is 4.41. The van der Waals surface area contributed by atoms with Gasteiger partial charge in [-0.1, -0.05) is 47.5 Å². The lowest BCUT2D eigenvalue weighted by Gasteiger charge is -2.13. The van der Waals surface area contributed by atoms with Gasteiger partial charge in [0, 0.05) is 10.6 Å². The number of rotatable bonds is 2. The summed E-state index contributed by atoms with van der Waals surface area (Å²) >= 11 is 11.6. The van der Waals surface area contributed by atoms with Gasteiger partial charge in [0.2, 0.25) is 0 Å². The summed E-state index contributed by atoms with van der Waals surface area (Å²) in [6, 6.07) is 11.1. The van der Waals surface area contributed by atoms with E-state index in [0.29, 0.717) is 16.1 Å². The van der Waals surface area contributed by atoms with E-state index in [4.69, 9.17) is 23.2 Å². The molecule has 88 valence electrons. The summed E-state index contributed by atoms with van der Waals surface area (Å²) < 4.78 is 13.3. The molecule has 1 unspecified atom stereocenters. The van der Waals surface area contributed by atoms with E-state index in [1.807, 2.05) is 0 Å². The fourth-order valence-corrected chi connectivity index (χ4v) is 2.02. The molecule has 0 heterocycles. The fourth-order valence-electron chi connectivity index (χ4n) is 1.59. The van der Waals surface area contributed by atoms with Crippen LogP contribution in [0, 0.1) is 5.82 Å². The Bertz CT molecular complexity index is 543. The predicted molar refractivity (Wildman–Crippen MR) is 66.9 cm³/mol. The van der Waals surface area contributed by atoms with Crippen molar-refractivity contribution in [2.75, 3.05) is 0 Å². The number of hydrogen-bond donors (Lipinski definition) is 1. The summed E-state index contributed by atoms with van der Waals surface area (Å²) in [5, 5.41) is 10.6. The molecule has 4 heteroatoms. The molecule has 0 aliphatic heterocycles. The molecule has 1 atom stereocenters. The zero-order valence-corrected chi connectivity index (χ0v) is 10.2. The molecule has 0 spiro atoms. The van der Waals surface area contributed by atoms with E-state index >= 15 is 0 Å². The topological polar surface area (TPSA) is 20.2 Å². The monoisotopic (exact) mass is 270 g/mol. The quantitative estimate of drug-likeness (QED) is 0.867. The third-order valence-corrected chi connectivity index (χ3v) is 3.07. The average molecular weight is 271 g/mol. The van der Waals surface area contributed by atoms with Crippen LogP contribution in [0.5, 0.6) is 0 Å². The summed E-state index contributed by atoms with van der Waals surface area (Å²) in [4.78, 5) is 0. The smallest absolute Gasteiger partial charge is 0.142 e. The van der Waals surface area contributed by atoms with Crippen molar-refractivity contribution in [1.82, 2.24) is 0 Å². The van der Waals surface area contributed by atoms with Crippen LogP contribution in [0.15, 0.2) is 42.5 Å². The normalized spacial score (nSPS) is 12.5. The minimum absolute atomic E-state index is 0.0695. The summed E-state index contributed by atoms with van der Waals surface area (Å²) in [5.74, 6) is -0.551. The van der Waals surface area contributed by atoms with Gasteiger partial charge in [0.1, 0.15) is 11.9 Å². The van der Waals surface area contributed by atoms with Crippen molar-refractivity contribution < 1.29 is 9.50 Å². The standard InChI is InChI=1S/C13H9Cl2FO/c14-9-4-1-3-8(7-9)13(17)10-5-2-6-11(16)12(10)15/h1-7,13,17H. The van der Waals surface area contributed by atoms with Gasteiger partial charge in [-0.15, -0.1) is 0 Å². The highest BCUT2D eigenvalue weighted by atomic mass is 35.5.